The third-order valence-corrected chi connectivity index (χ3v) is 3.73. The van der Waals surface area contributed by atoms with Crippen LogP contribution in [0.15, 0.2) is 12.1 Å². The Morgan fingerprint density at radius 2 is 2.06 bits per heavy atom. The highest BCUT2D eigenvalue weighted by Crippen LogP contribution is 2.37. The lowest BCUT2D eigenvalue weighted by molar-refractivity contribution is -0.117. The number of anilines is 1. The van der Waals surface area contributed by atoms with Crippen molar-refractivity contribution in [3.8, 4) is 0 Å². The van der Waals surface area contributed by atoms with Crippen LogP contribution in [0.25, 0.3) is 0 Å². The number of amides is 1. The van der Waals surface area contributed by atoms with Gasteiger partial charge in [0.15, 0.2) is 0 Å². The van der Waals surface area contributed by atoms with Crippen LogP contribution in [-0.2, 0) is 24.1 Å². The van der Waals surface area contributed by atoms with Crippen LogP contribution in [0.3, 0.4) is 0 Å². The van der Waals surface area contributed by atoms with E-state index in [1.807, 2.05) is 18.7 Å². The molecule has 0 fully saturated rings. The van der Waals surface area contributed by atoms with Gasteiger partial charge in [-0.05, 0) is 49.8 Å². The summed E-state index contributed by atoms with van der Waals surface area (Å²) in [5.74, 6) is 0.259. The molecule has 0 spiro atoms. The van der Waals surface area contributed by atoms with Crippen LogP contribution in [0, 0.1) is 0 Å². The summed E-state index contributed by atoms with van der Waals surface area (Å²) in [5, 5.41) is 0. The van der Waals surface area contributed by atoms with Crippen LogP contribution in [-0.4, -0.2) is 18.0 Å². The second-order valence-electron chi connectivity index (χ2n) is 6.25. The van der Waals surface area contributed by atoms with Crippen molar-refractivity contribution in [1.29, 1.82) is 0 Å². The van der Waals surface area contributed by atoms with E-state index in [-0.39, 0.29) is 11.4 Å². The average Bonchev–Trinajstić information content (AvgIpc) is 2.55. The molecule has 0 atom stereocenters. The lowest BCUT2D eigenvalue weighted by atomic mass is 9.91. The molecule has 0 bridgehead atoms. The Morgan fingerprint density at radius 3 is 2.78 bits per heavy atom. The molecule has 2 aliphatic heterocycles. The molecule has 2 N–H and O–H groups in total. The van der Waals surface area contributed by atoms with Crippen molar-refractivity contribution < 1.29 is 4.79 Å². The molecule has 0 aromatic heterocycles. The zero-order valence-corrected chi connectivity index (χ0v) is 11.1. The third-order valence-electron chi connectivity index (χ3n) is 3.73. The van der Waals surface area contributed by atoms with Gasteiger partial charge in [0, 0.05) is 12.1 Å². The number of hydrogen-bond donors (Lipinski definition) is 1. The Balaban J connectivity index is 2.04. The van der Waals surface area contributed by atoms with Gasteiger partial charge in [0.05, 0.1) is 12.1 Å². The number of nitrogens with two attached hydrogens (primary N) is 1. The Hall–Kier alpha value is -1.35. The fraction of sp³-hybridized carbons (Fsp3) is 0.533. The second kappa shape index (κ2) is 3.82. The molecule has 2 heterocycles. The molecule has 96 valence electrons. The summed E-state index contributed by atoms with van der Waals surface area (Å²) >= 11 is 0. The van der Waals surface area contributed by atoms with Crippen LogP contribution >= 0.6 is 0 Å². The molecule has 1 aromatic carbocycles. The third kappa shape index (κ3) is 1.93. The van der Waals surface area contributed by atoms with Crippen molar-refractivity contribution >= 4 is 11.6 Å². The predicted octanol–water partition coefficient (Wildman–Crippen LogP) is 1.80. The van der Waals surface area contributed by atoms with E-state index in [0.29, 0.717) is 6.42 Å². The molecule has 0 saturated heterocycles. The molecule has 0 aliphatic carbocycles. The molecule has 0 saturated carbocycles. The summed E-state index contributed by atoms with van der Waals surface area (Å²) in [6.45, 7) is 4.98. The molecule has 0 unspecified atom stereocenters. The predicted molar refractivity (Wildman–Crippen MR) is 72.8 cm³/mol. The molecule has 3 rings (SSSR count). The van der Waals surface area contributed by atoms with E-state index >= 15 is 0 Å². The molecule has 3 heteroatoms. The number of rotatable bonds is 2. The summed E-state index contributed by atoms with van der Waals surface area (Å²) < 4.78 is 0. The maximum Gasteiger partial charge on any atom is 0.231 e. The Morgan fingerprint density at radius 1 is 1.33 bits per heavy atom. The minimum atomic E-state index is -0.197. The Bertz CT molecular complexity index is 514. The average molecular weight is 244 g/mol. The van der Waals surface area contributed by atoms with Crippen LogP contribution in [0.2, 0.25) is 0 Å². The SMILES string of the molecule is CC(C)(N)Cc1cc2c3c(c1)CC(=O)N3CCC2. The quantitative estimate of drug-likeness (QED) is 0.862. The largest absolute Gasteiger partial charge is 0.325 e. The van der Waals surface area contributed by atoms with Gasteiger partial charge in [0.25, 0.3) is 0 Å². The molecule has 3 nitrogen and oxygen atoms in total. The number of nitrogens with zero attached hydrogens (tertiary/aromatic N) is 1. The summed E-state index contributed by atoms with van der Waals surface area (Å²) in [4.78, 5) is 13.9. The summed E-state index contributed by atoms with van der Waals surface area (Å²) in [5.41, 5.74) is 10.9. The van der Waals surface area contributed by atoms with Gasteiger partial charge in [0.2, 0.25) is 5.91 Å². The number of aryl methyl sites for hydroxylation is 1. The molecule has 2 aliphatic rings. The number of hydrogen-bond acceptors (Lipinski definition) is 2. The molecular formula is C15H20N2O. The first-order valence-corrected chi connectivity index (χ1v) is 6.68. The first-order chi connectivity index (χ1) is 8.44. The maximum absolute atomic E-state index is 11.9. The van der Waals surface area contributed by atoms with E-state index in [1.54, 1.807) is 0 Å². The van der Waals surface area contributed by atoms with Crippen LogP contribution in [0.4, 0.5) is 5.69 Å². The molecule has 1 aromatic rings. The standard InChI is InChI=1S/C15H20N2O/c1-15(2,16)9-10-6-11-4-3-5-17-13(18)8-12(7-10)14(11)17/h6-7H,3-5,8-9,16H2,1-2H3. The summed E-state index contributed by atoms with van der Waals surface area (Å²) in [6, 6.07) is 4.43. The first kappa shape index (κ1) is 11.7. The van der Waals surface area contributed by atoms with Gasteiger partial charge in [0.1, 0.15) is 0 Å². The minimum Gasteiger partial charge on any atom is -0.325 e. The van der Waals surface area contributed by atoms with Gasteiger partial charge in [-0.15, -0.1) is 0 Å². The van der Waals surface area contributed by atoms with Crippen molar-refractivity contribution in [2.75, 3.05) is 11.4 Å². The van der Waals surface area contributed by atoms with Crippen LogP contribution in [0.5, 0.6) is 0 Å². The van der Waals surface area contributed by atoms with Gasteiger partial charge >= 0.3 is 0 Å². The van der Waals surface area contributed by atoms with E-state index in [0.717, 1.165) is 25.8 Å². The number of carbonyl (C=O) groups excluding carboxylic acids is 1. The van der Waals surface area contributed by atoms with E-state index in [1.165, 1.54) is 22.4 Å². The normalized spacial score (nSPS) is 18.2. The topological polar surface area (TPSA) is 46.3 Å². The van der Waals surface area contributed by atoms with Gasteiger partial charge in [-0.3, -0.25) is 4.79 Å². The first-order valence-electron chi connectivity index (χ1n) is 6.68. The molecule has 0 radical (unpaired) electrons. The number of benzene rings is 1. The zero-order valence-electron chi connectivity index (χ0n) is 11.1. The molecular weight excluding hydrogens is 224 g/mol. The van der Waals surface area contributed by atoms with Gasteiger partial charge in [-0.2, -0.15) is 0 Å². The lowest BCUT2D eigenvalue weighted by Gasteiger charge is -2.27. The Kier molecular flexibility index (Phi) is 2.49. The highest BCUT2D eigenvalue weighted by molar-refractivity contribution is 6.02. The van der Waals surface area contributed by atoms with E-state index < -0.39 is 0 Å². The van der Waals surface area contributed by atoms with Crippen molar-refractivity contribution in [3.63, 3.8) is 0 Å². The summed E-state index contributed by atoms with van der Waals surface area (Å²) in [7, 11) is 0. The van der Waals surface area contributed by atoms with Gasteiger partial charge < -0.3 is 10.6 Å². The fourth-order valence-electron chi connectivity index (χ4n) is 3.18. The fourth-order valence-corrected chi connectivity index (χ4v) is 3.18. The van der Waals surface area contributed by atoms with Gasteiger partial charge in [-0.25, -0.2) is 0 Å². The van der Waals surface area contributed by atoms with E-state index in [4.69, 9.17) is 5.73 Å². The van der Waals surface area contributed by atoms with E-state index in [2.05, 4.69) is 12.1 Å². The van der Waals surface area contributed by atoms with Crippen molar-refractivity contribution in [1.82, 2.24) is 0 Å². The van der Waals surface area contributed by atoms with Crippen molar-refractivity contribution in [3.05, 3.63) is 28.8 Å². The highest BCUT2D eigenvalue weighted by Gasteiger charge is 2.32. The molecule has 1 amide bonds. The monoisotopic (exact) mass is 244 g/mol. The van der Waals surface area contributed by atoms with E-state index in [9.17, 15) is 4.79 Å². The van der Waals surface area contributed by atoms with Crippen LogP contribution in [0.1, 0.15) is 37.0 Å². The Labute approximate surface area is 108 Å². The van der Waals surface area contributed by atoms with Gasteiger partial charge in [-0.1, -0.05) is 12.1 Å². The van der Waals surface area contributed by atoms with Crippen molar-refractivity contribution in [2.24, 2.45) is 5.73 Å². The minimum absolute atomic E-state index is 0.197. The maximum atomic E-state index is 11.9. The summed E-state index contributed by atoms with van der Waals surface area (Å²) in [6.07, 6.45) is 3.60. The zero-order chi connectivity index (χ0) is 12.9. The van der Waals surface area contributed by atoms with Crippen LogP contribution < -0.4 is 10.6 Å². The highest BCUT2D eigenvalue weighted by atomic mass is 16.2. The lowest BCUT2D eigenvalue weighted by Crippen LogP contribution is -2.34. The number of carbonyl (C=O) groups is 1. The van der Waals surface area contributed by atoms with Crippen molar-refractivity contribution in [2.45, 2.75) is 45.1 Å². The molecule has 18 heavy (non-hydrogen) atoms. The second-order valence-corrected chi connectivity index (χ2v) is 6.25. The smallest absolute Gasteiger partial charge is 0.231 e.